The molecule has 0 amide bonds. The molecule has 0 aromatic carbocycles. The van der Waals surface area contributed by atoms with E-state index in [9.17, 15) is 8.42 Å². The number of piperidine rings is 1. The summed E-state index contributed by atoms with van der Waals surface area (Å²) in [6.45, 7) is 8.10. The molecule has 16 heavy (non-hydrogen) atoms. The highest BCUT2D eigenvalue weighted by molar-refractivity contribution is 7.92. The van der Waals surface area contributed by atoms with E-state index in [4.69, 9.17) is 0 Å². The van der Waals surface area contributed by atoms with E-state index < -0.39 is 9.84 Å². The third-order valence-electron chi connectivity index (χ3n) is 3.72. The van der Waals surface area contributed by atoms with Gasteiger partial charge in [0, 0.05) is 11.8 Å². The minimum absolute atomic E-state index is 0.0809. The molecule has 1 atom stereocenters. The van der Waals surface area contributed by atoms with Gasteiger partial charge in [-0.15, -0.1) is 0 Å². The number of nitrogens with zero attached hydrogens (tertiary/aromatic N) is 1. The first-order valence-electron chi connectivity index (χ1n) is 6.46. The molecule has 1 heterocycles. The lowest BCUT2D eigenvalue weighted by molar-refractivity contribution is 0.167. The summed E-state index contributed by atoms with van der Waals surface area (Å²) in [5.41, 5.74) is 0. The Balaban J connectivity index is 2.45. The van der Waals surface area contributed by atoms with Crippen molar-refractivity contribution in [2.45, 2.75) is 57.7 Å². The number of hydrogen-bond donors (Lipinski definition) is 0. The van der Waals surface area contributed by atoms with E-state index in [1.165, 1.54) is 12.8 Å². The van der Waals surface area contributed by atoms with Gasteiger partial charge >= 0.3 is 0 Å². The van der Waals surface area contributed by atoms with Crippen LogP contribution in [0.2, 0.25) is 0 Å². The van der Waals surface area contributed by atoms with E-state index in [-0.39, 0.29) is 5.25 Å². The van der Waals surface area contributed by atoms with E-state index >= 15 is 0 Å². The van der Waals surface area contributed by atoms with Crippen LogP contribution in [0.4, 0.5) is 0 Å². The zero-order valence-electron chi connectivity index (χ0n) is 10.8. The summed E-state index contributed by atoms with van der Waals surface area (Å²) in [6.07, 6.45) is 4.06. The molecule has 0 saturated carbocycles. The molecule has 1 unspecified atom stereocenters. The molecule has 1 saturated heterocycles. The molecule has 0 N–H and O–H groups in total. The largest absolute Gasteiger partial charge is 0.301 e. The van der Waals surface area contributed by atoms with Gasteiger partial charge in [-0.2, -0.15) is 0 Å². The second-order valence-corrected chi connectivity index (χ2v) is 7.39. The second kappa shape index (κ2) is 6.01. The number of likely N-dealkylation sites (tertiary alicyclic amines) is 1. The van der Waals surface area contributed by atoms with Gasteiger partial charge in [-0.25, -0.2) is 8.42 Å². The molecule has 0 aliphatic carbocycles. The van der Waals surface area contributed by atoms with Crippen molar-refractivity contribution in [3.63, 3.8) is 0 Å². The molecule has 1 rings (SSSR count). The first-order chi connectivity index (χ1) is 7.51. The summed E-state index contributed by atoms with van der Waals surface area (Å²) in [5.74, 6) is 0.294. The fourth-order valence-corrected chi connectivity index (χ4v) is 3.91. The zero-order valence-corrected chi connectivity index (χ0v) is 11.6. The van der Waals surface area contributed by atoms with Gasteiger partial charge in [-0.3, -0.25) is 0 Å². The first kappa shape index (κ1) is 14.0. The minimum atomic E-state index is -2.81. The van der Waals surface area contributed by atoms with Gasteiger partial charge in [0.2, 0.25) is 0 Å². The highest BCUT2D eigenvalue weighted by Gasteiger charge is 2.29. The maximum absolute atomic E-state index is 11.7. The highest BCUT2D eigenvalue weighted by Crippen LogP contribution is 2.21. The Morgan fingerprint density at radius 2 is 1.81 bits per heavy atom. The predicted molar refractivity (Wildman–Crippen MR) is 68.4 cm³/mol. The Morgan fingerprint density at radius 3 is 2.25 bits per heavy atom. The van der Waals surface area contributed by atoms with Gasteiger partial charge in [0.05, 0.1) is 5.25 Å². The van der Waals surface area contributed by atoms with E-state index in [2.05, 4.69) is 18.7 Å². The van der Waals surface area contributed by atoms with Crippen LogP contribution in [0.1, 0.15) is 46.5 Å². The van der Waals surface area contributed by atoms with E-state index in [0.29, 0.717) is 11.8 Å². The molecule has 3 nitrogen and oxygen atoms in total. The van der Waals surface area contributed by atoms with Gasteiger partial charge in [0.1, 0.15) is 0 Å². The molecule has 0 aromatic rings. The zero-order chi connectivity index (χ0) is 12.2. The molecule has 0 radical (unpaired) electrons. The van der Waals surface area contributed by atoms with Crippen molar-refractivity contribution in [3.05, 3.63) is 0 Å². The average molecular weight is 247 g/mol. The van der Waals surface area contributed by atoms with Crippen molar-refractivity contribution in [2.75, 3.05) is 18.8 Å². The van der Waals surface area contributed by atoms with Crippen molar-refractivity contribution >= 4 is 9.84 Å². The van der Waals surface area contributed by atoms with Crippen LogP contribution in [0, 0.1) is 0 Å². The maximum atomic E-state index is 11.7. The third-order valence-corrected chi connectivity index (χ3v) is 6.01. The van der Waals surface area contributed by atoms with Gasteiger partial charge in [-0.1, -0.05) is 20.3 Å². The number of hydrogen-bond acceptors (Lipinski definition) is 3. The van der Waals surface area contributed by atoms with Crippen molar-refractivity contribution in [2.24, 2.45) is 0 Å². The lowest BCUT2D eigenvalue weighted by Crippen LogP contribution is -2.43. The summed E-state index contributed by atoms with van der Waals surface area (Å²) >= 11 is 0. The van der Waals surface area contributed by atoms with E-state index in [1.54, 1.807) is 6.92 Å². The van der Waals surface area contributed by atoms with Crippen LogP contribution in [0.3, 0.4) is 0 Å². The van der Waals surface area contributed by atoms with E-state index in [0.717, 1.165) is 25.9 Å². The molecular formula is C12H25NO2S. The summed E-state index contributed by atoms with van der Waals surface area (Å²) in [6, 6.07) is 0.607. The van der Waals surface area contributed by atoms with E-state index in [1.807, 2.05) is 0 Å². The van der Waals surface area contributed by atoms with Crippen molar-refractivity contribution < 1.29 is 8.42 Å². The number of sulfone groups is 1. The maximum Gasteiger partial charge on any atom is 0.152 e. The summed E-state index contributed by atoms with van der Waals surface area (Å²) in [5, 5.41) is -0.0809. The van der Waals surface area contributed by atoms with Gasteiger partial charge in [-0.05, 0) is 39.3 Å². The fraction of sp³-hybridized carbons (Fsp3) is 1.00. The Labute approximate surface area is 100 Å². The minimum Gasteiger partial charge on any atom is -0.301 e. The molecule has 1 fully saturated rings. The van der Waals surface area contributed by atoms with Gasteiger partial charge in [0.25, 0.3) is 0 Å². The SMILES string of the molecule is CCCC(C)N1CCC(S(=O)(=O)CC)CC1. The lowest BCUT2D eigenvalue weighted by atomic mass is 10.1. The molecule has 1 aliphatic heterocycles. The Hall–Kier alpha value is -0.0900. The van der Waals surface area contributed by atoms with Crippen LogP contribution in [0.5, 0.6) is 0 Å². The van der Waals surface area contributed by atoms with Crippen LogP contribution in [-0.4, -0.2) is 43.5 Å². The molecule has 0 spiro atoms. The van der Waals surface area contributed by atoms with Crippen molar-refractivity contribution in [1.29, 1.82) is 0 Å². The summed E-state index contributed by atoms with van der Waals surface area (Å²) < 4.78 is 23.5. The van der Waals surface area contributed by atoms with Crippen LogP contribution in [0.15, 0.2) is 0 Å². The third kappa shape index (κ3) is 3.45. The quantitative estimate of drug-likeness (QED) is 0.746. The molecule has 1 aliphatic rings. The topological polar surface area (TPSA) is 37.4 Å². The average Bonchev–Trinajstić information content (AvgIpc) is 2.29. The monoisotopic (exact) mass is 247 g/mol. The van der Waals surface area contributed by atoms with Gasteiger partial charge in [0.15, 0.2) is 9.84 Å². The first-order valence-corrected chi connectivity index (χ1v) is 8.18. The normalized spacial score (nSPS) is 22.2. The lowest BCUT2D eigenvalue weighted by Gasteiger charge is -2.35. The van der Waals surface area contributed by atoms with Crippen molar-refractivity contribution in [1.82, 2.24) is 4.90 Å². The Kier molecular flexibility index (Phi) is 5.25. The highest BCUT2D eigenvalue weighted by atomic mass is 32.2. The van der Waals surface area contributed by atoms with Crippen LogP contribution in [-0.2, 0) is 9.84 Å². The molecule has 4 heteroatoms. The Bertz CT molecular complexity index is 292. The summed E-state index contributed by atoms with van der Waals surface area (Å²) in [4.78, 5) is 2.44. The molecule has 0 aromatic heterocycles. The molecule has 0 bridgehead atoms. The fourth-order valence-electron chi connectivity index (χ4n) is 2.51. The smallest absolute Gasteiger partial charge is 0.152 e. The van der Waals surface area contributed by atoms with Crippen LogP contribution in [0.25, 0.3) is 0 Å². The summed E-state index contributed by atoms with van der Waals surface area (Å²) in [7, 11) is -2.81. The molecular weight excluding hydrogens is 222 g/mol. The van der Waals surface area contributed by atoms with Crippen LogP contribution < -0.4 is 0 Å². The predicted octanol–water partition coefficient (Wildman–Crippen LogP) is 2.07. The molecule has 96 valence electrons. The van der Waals surface area contributed by atoms with Crippen LogP contribution >= 0.6 is 0 Å². The Morgan fingerprint density at radius 1 is 1.25 bits per heavy atom. The van der Waals surface area contributed by atoms with Crippen molar-refractivity contribution in [3.8, 4) is 0 Å². The number of rotatable bonds is 5. The standard InChI is InChI=1S/C12H25NO2S/c1-4-6-11(3)13-9-7-12(8-10-13)16(14,15)5-2/h11-12H,4-10H2,1-3H3. The second-order valence-electron chi connectivity index (χ2n) is 4.82. The van der Waals surface area contributed by atoms with Gasteiger partial charge < -0.3 is 4.90 Å².